The molecule has 0 spiro atoms. The summed E-state index contributed by atoms with van der Waals surface area (Å²) in [5.41, 5.74) is 0.517. The van der Waals surface area contributed by atoms with Crippen molar-refractivity contribution < 1.29 is 24.0 Å². The van der Waals surface area contributed by atoms with Crippen molar-refractivity contribution in [2.45, 2.75) is 0 Å². The average Bonchev–Trinajstić information content (AvgIpc) is 2.83. The number of benzene rings is 3. The van der Waals surface area contributed by atoms with Crippen LogP contribution < -0.4 is 20.1 Å². The van der Waals surface area contributed by atoms with Gasteiger partial charge in [0.1, 0.15) is 0 Å². The van der Waals surface area contributed by atoms with Gasteiger partial charge in [0.2, 0.25) is 5.75 Å². The highest BCUT2D eigenvalue weighted by Gasteiger charge is 2.20. The van der Waals surface area contributed by atoms with Crippen molar-refractivity contribution in [3.8, 4) is 17.2 Å². The predicted molar refractivity (Wildman–Crippen MR) is 128 cm³/mol. The number of hydrogen-bond donors (Lipinski definition) is 2. The summed E-state index contributed by atoms with van der Waals surface area (Å²) in [6.45, 7) is 3.84. The molecule has 34 heavy (non-hydrogen) atoms. The van der Waals surface area contributed by atoms with Crippen molar-refractivity contribution in [3.05, 3.63) is 99.6 Å². The normalized spacial score (nSPS) is 10.2. The Hall–Kier alpha value is -4.37. The minimum Gasteiger partial charge on any atom is -0.493 e. The molecule has 2 amide bonds. The Morgan fingerprint density at radius 1 is 1.06 bits per heavy atom. The van der Waals surface area contributed by atoms with Crippen molar-refractivity contribution >= 4 is 34.8 Å². The summed E-state index contributed by atoms with van der Waals surface area (Å²) < 4.78 is 11.0. The fourth-order valence-electron chi connectivity index (χ4n) is 2.98. The van der Waals surface area contributed by atoms with E-state index in [-0.39, 0.29) is 46.0 Å². The first-order chi connectivity index (χ1) is 16.3. The van der Waals surface area contributed by atoms with Gasteiger partial charge in [0.15, 0.2) is 11.5 Å². The number of carbonyl (C=O) groups is 2. The molecule has 0 heterocycles. The van der Waals surface area contributed by atoms with E-state index in [2.05, 4.69) is 17.2 Å². The second kappa shape index (κ2) is 11.0. The molecule has 0 unspecified atom stereocenters. The number of nitrogens with one attached hydrogen (secondary N) is 2. The summed E-state index contributed by atoms with van der Waals surface area (Å²) in [4.78, 5) is 35.9. The summed E-state index contributed by atoms with van der Waals surface area (Å²) in [5.74, 6) is -0.556. The molecule has 3 aromatic carbocycles. The Kier molecular flexibility index (Phi) is 7.83. The number of para-hydroxylation sites is 1. The summed E-state index contributed by atoms with van der Waals surface area (Å²) >= 11 is 5.84. The Morgan fingerprint density at radius 3 is 2.50 bits per heavy atom. The Balaban J connectivity index is 1.84. The van der Waals surface area contributed by atoms with Gasteiger partial charge >= 0.3 is 5.69 Å². The van der Waals surface area contributed by atoms with Crippen LogP contribution in [-0.2, 0) is 0 Å². The molecule has 10 heteroatoms. The number of amides is 2. The number of nitro benzene ring substituents is 1. The van der Waals surface area contributed by atoms with E-state index in [1.54, 1.807) is 30.3 Å². The van der Waals surface area contributed by atoms with E-state index < -0.39 is 10.8 Å². The Labute approximate surface area is 200 Å². The number of ether oxygens (including phenoxy) is 2. The second-order valence-corrected chi connectivity index (χ2v) is 7.27. The Bertz CT molecular complexity index is 1260. The van der Waals surface area contributed by atoms with Crippen LogP contribution in [-0.4, -0.2) is 30.4 Å². The molecule has 0 aromatic heterocycles. The van der Waals surface area contributed by atoms with E-state index in [0.717, 1.165) is 0 Å². The summed E-state index contributed by atoms with van der Waals surface area (Å²) in [7, 11) is 1.37. The van der Waals surface area contributed by atoms with Crippen LogP contribution in [0.4, 0.5) is 11.4 Å². The molecule has 0 atom stereocenters. The van der Waals surface area contributed by atoms with E-state index in [4.69, 9.17) is 21.1 Å². The third-order valence-corrected chi connectivity index (χ3v) is 4.83. The van der Waals surface area contributed by atoms with Crippen LogP contribution in [0.3, 0.4) is 0 Å². The maximum absolute atomic E-state index is 12.9. The number of anilines is 1. The molecule has 0 fully saturated rings. The largest absolute Gasteiger partial charge is 0.493 e. The minimum absolute atomic E-state index is 0.0376. The van der Waals surface area contributed by atoms with Gasteiger partial charge in [-0.3, -0.25) is 19.7 Å². The highest BCUT2D eigenvalue weighted by Crippen LogP contribution is 2.38. The van der Waals surface area contributed by atoms with Gasteiger partial charge in [0.05, 0.1) is 23.3 Å². The molecule has 9 nitrogen and oxygen atoms in total. The van der Waals surface area contributed by atoms with Crippen LogP contribution in [0.25, 0.3) is 0 Å². The lowest BCUT2D eigenvalue weighted by molar-refractivity contribution is -0.385. The minimum atomic E-state index is -0.613. The van der Waals surface area contributed by atoms with Crippen molar-refractivity contribution in [1.82, 2.24) is 5.32 Å². The number of rotatable bonds is 9. The zero-order valence-corrected chi connectivity index (χ0v) is 18.8. The SMILES string of the molecule is C=CCNC(=O)c1ccccc1NC(=O)c1ccc(Oc2ccc(Cl)cc2[N+](=O)[O-])c(OC)c1. The number of hydrogen-bond acceptors (Lipinski definition) is 6. The zero-order chi connectivity index (χ0) is 24.7. The standard InChI is InChI=1S/C24H20ClN3O6/c1-3-12-26-24(30)17-6-4-5-7-18(17)27-23(29)15-8-10-21(22(13-15)33-2)34-20-11-9-16(25)14-19(20)28(31)32/h3-11,13-14H,1,12H2,2H3,(H,26,30)(H,27,29). The highest BCUT2D eigenvalue weighted by molar-refractivity contribution is 6.30. The maximum atomic E-state index is 12.9. The number of nitrogens with zero attached hydrogens (tertiary/aromatic N) is 1. The molecular formula is C24H20ClN3O6. The quantitative estimate of drug-likeness (QED) is 0.246. The maximum Gasteiger partial charge on any atom is 0.313 e. The molecule has 3 aromatic rings. The lowest BCUT2D eigenvalue weighted by Gasteiger charge is -2.13. The fourth-order valence-corrected chi connectivity index (χ4v) is 3.14. The van der Waals surface area contributed by atoms with Crippen LogP contribution in [0.2, 0.25) is 5.02 Å². The van der Waals surface area contributed by atoms with Gasteiger partial charge in [-0.05, 0) is 42.5 Å². The molecular weight excluding hydrogens is 462 g/mol. The van der Waals surface area contributed by atoms with Gasteiger partial charge in [-0.2, -0.15) is 0 Å². The molecule has 0 radical (unpaired) electrons. The van der Waals surface area contributed by atoms with Crippen LogP contribution in [0, 0.1) is 10.1 Å². The highest BCUT2D eigenvalue weighted by atomic mass is 35.5. The van der Waals surface area contributed by atoms with Gasteiger partial charge in [-0.25, -0.2) is 0 Å². The molecule has 0 aliphatic carbocycles. The first-order valence-electron chi connectivity index (χ1n) is 9.93. The molecule has 0 aliphatic rings. The van der Waals surface area contributed by atoms with Crippen molar-refractivity contribution in [2.24, 2.45) is 0 Å². The van der Waals surface area contributed by atoms with Crippen LogP contribution in [0.15, 0.2) is 73.3 Å². The third kappa shape index (κ3) is 5.70. The fraction of sp³-hybridized carbons (Fsp3) is 0.0833. The van der Waals surface area contributed by atoms with E-state index in [1.165, 1.54) is 43.5 Å². The zero-order valence-electron chi connectivity index (χ0n) is 18.0. The molecule has 0 bridgehead atoms. The summed E-state index contributed by atoms with van der Waals surface area (Å²) in [6, 6.07) is 14.9. The lowest BCUT2D eigenvalue weighted by Crippen LogP contribution is -2.25. The van der Waals surface area contributed by atoms with E-state index in [9.17, 15) is 19.7 Å². The van der Waals surface area contributed by atoms with Gasteiger partial charge in [0.25, 0.3) is 11.8 Å². The number of carbonyl (C=O) groups excluding carboxylic acids is 2. The van der Waals surface area contributed by atoms with E-state index >= 15 is 0 Å². The predicted octanol–water partition coefficient (Wildman–Crippen LogP) is 5.22. The molecule has 0 saturated carbocycles. The number of nitro groups is 1. The van der Waals surface area contributed by atoms with Gasteiger partial charge < -0.3 is 20.1 Å². The van der Waals surface area contributed by atoms with Crippen LogP contribution in [0.5, 0.6) is 17.2 Å². The monoisotopic (exact) mass is 481 g/mol. The van der Waals surface area contributed by atoms with Crippen molar-refractivity contribution in [1.29, 1.82) is 0 Å². The lowest BCUT2D eigenvalue weighted by atomic mass is 10.1. The van der Waals surface area contributed by atoms with E-state index in [0.29, 0.717) is 11.3 Å². The molecule has 174 valence electrons. The van der Waals surface area contributed by atoms with Crippen LogP contribution in [0.1, 0.15) is 20.7 Å². The second-order valence-electron chi connectivity index (χ2n) is 6.84. The molecule has 0 aliphatic heterocycles. The van der Waals surface area contributed by atoms with Gasteiger partial charge in [0, 0.05) is 23.2 Å². The van der Waals surface area contributed by atoms with Crippen molar-refractivity contribution in [2.75, 3.05) is 19.0 Å². The summed E-state index contributed by atoms with van der Waals surface area (Å²) in [5, 5.41) is 16.9. The topological polar surface area (TPSA) is 120 Å². The summed E-state index contributed by atoms with van der Waals surface area (Å²) in [6.07, 6.45) is 1.55. The van der Waals surface area contributed by atoms with Crippen molar-refractivity contribution in [3.63, 3.8) is 0 Å². The smallest absolute Gasteiger partial charge is 0.313 e. The molecule has 3 rings (SSSR count). The first kappa shape index (κ1) is 24.3. The molecule has 2 N–H and O–H groups in total. The Morgan fingerprint density at radius 2 is 1.79 bits per heavy atom. The first-order valence-corrected chi connectivity index (χ1v) is 10.3. The average molecular weight is 482 g/mol. The number of methoxy groups -OCH3 is 1. The van der Waals surface area contributed by atoms with Gasteiger partial charge in [-0.1, -0.05) is 29.8 Å². The molecule has 0 saturated heterocycles. The van der Waals surface area contributed by atoms with Crippen LogP contribution >= 0.6 is 11.6 Å². The number of halogens is 1. The van der Waals surface area contributed by atoms with Gasteiger partial charge in [-0.15, -0.1) is 6.58 Å². The third-order valence-electron chi connectivity index (χ3n) is 4.59. The van der Waals surface area contributed by atoms with E-state index in [1.807, 2.05) is 0 Å².